The molecule has 21 heavy (non-hydrogen) atoms. The lowest BCUT2D eigenvalue weighted by atomic mass is 9.94. The van der Waals surface area contributed by atoms with Crippen LogP contribution in [0.1, 0.15) is 19.3 Å². The van der Waals surface area contributed by atoms with Gasteiger partial charge in [0.25, 0.3) is 0 Å². The molecule has 1 saturated heterocycles. The maximum Gasteiger partial charge on any atom is 0.326 e. The minimum Gasteiger partial charge on any atom is -0.480 e. The van der Waals surface area contributed by atoms with E-state index in [1.165, 1.54) is 6.07 Å². The van der Waals surface area contributed by atoms with Crippen LogP contribution < -0.4 is 10.0 Å². The van der Waals surface area contributed by atoms with Gasteiger partial charge in [-0.05, 0) is 36.8 Å². The monoisotopic (exact) mass is 310 g/mol. The quantitative estimate of drug-likeness (QED) is 0.868. The molecular formula is C14H18N2O4S. The average molecular weight is 310 g/mol. The molecule has 114 valence electrons. The molecule has 3 unspecified atom stereocenters. The van der Waals surface area contributed by atoms with Gasteiger partial charge in [0.15, 0.2) is 0 Å². The second-order valence-electron chi connectivity index (χ2n) is 5.80. The van der Waals surface area contributed by atoms with Gasteiger partial charge in [0, 0.05) is 6.54 Å². The molecule has 3 atom stereocenters. The number of anilines is 1. The Hall–Kier alpha value is -1.60. The van der Waals surface area contributed by atoms with Crippen molar-refractivity contribution in [3.8, 4) is 0 Å². The van der Waals surface area contributed by atoms with E-state index in [1.54, 1.807) is 23.1 Å². The van der Waals surface area contributed by atoms with Crippen molar-refractivity contribution < 1.29 is 18.3 Å². The Morgan fingerprint density at radius 1 is 1.29 bits per heavy atom. The molecule has 1 aliphatic carbocycles. The zero-order chi connectivity index (χ0) is 15.2. The Labute approximate surface area is 123 Å². The molecule has 1 aromatic rings. The third kappa shape index (κ3) is 2.40. The fraction of sp³-hybridized carbons (Fsp3) is 0.500. The molecule has 7 heteroatoms. The second kappa shape index (κ2) is 4.99. The van der Waals surface area contributed by atoms with Crippen LogP contribution in [0.4, 0.5) is 5.69 Å². The van der Waals surface area contributed by atoms with Crippen molar-refractivity contribution in [2.45, 2.75) is 30.2 Å². The first kappa shape index (κ1) is 14.3. The van der Waals surface area contributed by atoms with Gasteiger partial charge in [-0.3, -0.25) is 0 Å². The molecule has 2 fully saturated rings. The van der Waals surface area contributed by atoms with E-state index in [1.807, 2.05) is 0 Å². The van der Waals surface area contributed by atoms with Gasteiger partial charge in [0.2, 0.25) is 10.0 Å². The Morgan fingerprint density at radius 2 is 2.00 bits per heavy atom. The lowest BCUT2D eigenvalue weighted by molar-refractivity contribution is -0.139. The molecule has 2 aliphatic rings. The molecule has 0 aromatic heterocycles. The summed E-state index contributed by atoms with van der Waals surface area (Å²) >= 11 is 0. The lowest BCUT2D eigenvalue weighted by Gasteiger charge is -2.27. The number of primary sulfonamides is 1. The van der Waals surface area contributed by atoms with Crippen LogP contribution >= 0.6 is 0 Å². The van der Waals surface area contributed by atoms with Gasteiger partial charge in [0.1, 0.15) is 10.9 Å². The number of nitrogens with zero attached hydrogens (tertiary/aromatic N) is 1. The van der Waals surface area contributed by atoms with E-state index >= 15 is 0 Å². The molecule has 0 amide bonds. The minimum atomic E-state index is -3.88. The van der Waals surface area contributed by atoms with Crippen LogP contribution in [-0.2, 0) is 14.8 Å². The molecule has 1 heterocycles. The SMILES string of the molecule is NS(=O)(=O)c1ccccc1N1CC2CCCC2C1C(=O)O. The van der Waals surface area contributed by atoms with Gasteiger partial charge < -0.3 is 10.0 Å². The molecular weight excluding hydrogens is 292 g/mol. The summed E-state index contributed by atoms with van der Waals surface area (Å²) in [7, 11) is -3.88. The molecule has 0 spiro atoms. The maximum atomic E-state index is 11.7. The first-order valence-electron chi connectivity index (χ1n) is 7.01. The normalized spacial score (nSPS) is 28.6. The number of benzene rings is 1. The zero-order valence-corrected chi connectivity index (χ0v) is 12.3. The van der Waals surface area contributed by atoms with Crippen LogP contribution in [0.2, 0.25) is 0 Å². The van der Waals surface area contributed by atoms with Gasteiger partial charge in [-0.2, -0.15) is 0 Å². The second-order valence-corrected chi connectivity index (χ2v) is 7.33. The van der Waals surface area contributed by atoms with Crippen molar-refractivity contribution in [3.05, 3.63) is 24.3 Å². The average Bonchev–Trinajstić information content (AvgIpc) is 2.96. The number of nitrogens with two attached hydrogens (primary N) is 1. The maximum absolute atomic E-state index is 11.7. The number of para-hydroxylation sites is 1. The number of rotatable bonds is 3. The Balaban J connectivity index is 2.06. The highest BCUT2D eigenvalue weighted by atomic mass is 32.2. The molecule has 1 aromatic carbocycles. The Bertz CT molecular complexity index is 673. The summed E-state index contributed by atoms with van der Waals surface area (Å²) in [6.07, 6.45) is 2.93. The summed E-state index contributed by atoms with van der Waals surface area (Å²) in [5.74, 6) is -0.482. The zero-order valence-electron chi connectivity index (χ0n) is 11.5. The largest absolute Gasteiger partial charge is 0.480 e. The molecule has 3 rings (SSSR count). The molecule has 1 saturated carbocycles. The highest BCUT2D eigenvalue weighted by Gasteiger charge is 2.48. The van der Waals surface area contributed by atoms with E-state index in [2.05, 4.69) is 0 Å². The summed E-state index contributed by atoms with van der Waals surface area (Å²) in [4.78, 5) is 13.4. The van der Waals surface area contributed by atoms with Crippen molar-refractivity contribution in [1.82, 2.24) is 0 Å². The third-order valence-electron chi connectivity index (χ3n) is 4.62. The third-order valence-corrected chi connectivity index (χ3v) is 5.58. The number of carboxylic acid groups (broad SMARTS) is 1. The van der Waals surface area contributed by atoms with E-state index in [0.717, 1.165) is 19.3 Å². The van der Waals surface area contributed by atoms with Gasteiger partial charge in [0.05, 0.1) is 5.69 Å². The number of hydrogen-bond acceptors (Lipinski definition) is 4. The van der Waals surface area contributed by atoms with E-state index in [-0.39, 0.29) is 10.8 Å². The topological polar surface area (TPSA) is 101 Å². The van der Waals surface area contributed by atoms with Crippen LogP contribution in [0.25, 0.3) is 0 Å². The van der Waals surface area contributed by atoms with Gasteiger partial charge >= 0.3 is 5.97 Å². The summed E-state index contributed by atoms with van der Waals surface area (Å²) in [6.45, 7) is 0.578. The van der Waals surface area contributed by atoms with Crippen molar-refractivity contribution in [2.24, 2.45) is 17.0 Å². The first-order chi connectivity index (χ1) is 9.89. The molecule has 6 nitrogen and oxygen atoms in total. The lowest BCUT2D eigenvalue weighted by Crippen LogP contribution is -2.40. The van der Waals surface area contributed by atoms with Crippen molar-refractivity contribution in [1.29, 1.82) is 0 Å². The number of carboxylic acids is 1. The summed E-state index contributed by atoms with van der Waals surface area (Å²) in [5, 5.41) is 14.8. The standard InChI is InChI=1S/C14H18N2O4S/c15-21(19,20)12-7-2-1-6-11(12)16-8-9-4-3-5-10(9)13(16)14(17)18/h1-2,6-7,9-10,13H,3-5,8H2,(H,17,18)(H2,15,19,20). The van der Waals surface area contributed by atoms with Gasteiger partial charge in [-0.25, -0.2) is 18.4 Å². The fourth-order valence-electron chi connectivity index (χ4n) is 3.80. The molecule has 1 aliphatic heterocycles. The van der Waals surface area contributed by atoms with E-state index < -0.39 is 22.0 Å². The predicted octanol–water partition coefficient (Wildman–Crippen LogP) is 1.02. The molecule has 0 radical (unpaired) electrons. The number of fused-ring (bicyclic) bond motifs is 1. The highest BCUT2D eigenvalue weighted by molar-refractivity contribution is 7.89. The van der Waals surface area contributed by atoms with Crippen molar-refractivity contribution >= 4 is 21.7 Å². The Kier molecular flexibility index (Phi) is 3.41. The number of aliphatic carboxylic acids is 1. The summed E-state index contributed by atoms with van der Waals surface area (Å²) in [6, 6.07) is 5.70. The van der Waals surface area contributed by atoms with E-state index in [0.29, 0.717) is 18.2 Å². The molecule has 0 bridgehead atoms. The molecule has 3 N–H and O–H groups in total. The van der Waals surface area contributed by atoms with Crippen LogP contribution in [-0.4, -0.2) is 32.1 Å². The van der Waals surface area contributed by atoms with Crippen LogP contribution in [0.3, 0.4) is 0 Å². The highest BCUT2D eigenvalue weighted by Crippen LogP contribution is 2.45. The number of hydrogen-bond donors (Lipinski definition) is 2. The minimum absolute atomic E-state index is 0.00350. The predicted molar refractivity (Wildman–Crippen MR) is 77.4 cm³/mol. The van der Waals surface area contributed by atoms with Gasteiger partial charge in [-0.1, -0.05) is 18.6 Å². The number of carbonyl (C=O) groups is 1. The number of sulfonamides is 1. The van der Waals surface area contributed by atoms with Crippen LogP contribution in [0, 0.1) is 11.8 Å². The summed E-state index contributed by atoms with van der Waals surface area (Å²) in [5.41, 5.74) is 0.404. The summed E-state index contributed by atoms with van der Waals surface area (Å²) < 4.78 is 23.5. The fourth-order valence-corrected chi connectivity index (χ4v) is 4.55. The first-order valence-corrected chi connectivity index (χ1v) is 8.55. The Morgan fingerprint density at radius 3 is 2.67 bits per heavy atom. The van der Waals surface area contributed by atoms with Crippen molar-refractivity contribution in [3.63, 3.8) is 0 Å². The van der Waals surface area contributed by atoms with E-state index in [4.69, 9.17) is 5.14 Å². The van der Waals surface area contributed by atoms with E-state index in [9.17, 15) is 18.3 Å². The van der Waals surface area contributed by atoms with Gasteiger partial charge in [-0.15, -0.1) is 0 Å². The van der Waals surface area contributed by atoms with Crippen LogP contribution in [0.5, 0.6) is 0 Å². The van der Waals surface area contributed by atoms with Crippen molar-refractivity contribution in [2.75, 3.05) is 11.4 Å². The van der Waals surface area contributed by atoms with Crippen LogP contribution in [0.15, 0.2) is 29.2 Å². The smallest absolute Gasteiger partial charge is 0.326 e.